The molecule has 3 unspecified atom stereocenters. The van der Waals surface area contributed by atoms with Gasteiger partial charge in [-0.1, -0.05) is 50.6 Å². The number of nitrogens with zero attached hydrogens (tertiary/aromatic N) is 2. The van der Waals surface area contributed by atoms with Gasteiger partial charge < -0.3 is 10.0 Å². The molecule has 1 N–H and O–H groups in total. The zero-order valence-corrected chi connectivity index (χ0v) is 18.1. The molecule has 2 aliphatic rings. The van der Waals surface area contributed by atoms with E-state index in [-0.39, 0.29) is 5.57 Å². The van der Waals surface area contributed by atoms with E-state index in [0.717, 1.165) is 12.0 Å². The summed E-state index contributed by atoms with van der Waals surface area (Å²) in [4.78, 5) is 13.5. The quantitative estimate of drug-likeness (QED) is 0.332. The number of hydrogen-bond acceptors (Lipinski definition) is 3. The number of fused-ring (bicyclic) bond motifs is 3. The number of allylic oxidation sites excluding steroid dienone is 2. The summed E-state index contributed by atoms with van der Waals surface area (Å²) < 4.78 is 0. The minimum Gasteiger partial charge on any atom is -0.477 e. The van der Waals surface area contributed by atoms with Crippen LogP contribution in [0.3, 0.4) is 0 Å². The maximum atomic E-state index is 11.0. The van der Waals surface area contributed by atoms with Crippen LogP contribution in [0.5, 0.6) is 0 Å². The van der Waals surface area contributed by atoms with Gasteiger partial charge in [-0.05, 0) is 72.2 Å². The zero-order chi connectivity index (χ0) is 22.0. The van der Waals surface area contributed by atoms with E-state index < -0.39 is 5.97 Å². The van der Waals surface area contributed by atoms with Crippen molar-refractivity contribution in [1.29, 1.82) is 5.26 Å². The molecule has 4 rings (SSSR count). The Balaban J connectivity index is 1.64. The summed E-state index contributed by atoms with van der Waals surface area (Å²) in [7, 11) is 0. The van der Waals surface area contributed by atoms with Crippen LogP contribution in [0.2, 0.25) is 0 Å². The van der Waals surface area contributed by atoms with Crippen LogP contribution in [-0.4, -0.2) is 17.1 Å². The second-order valence-corrected chi connectivity index (χ2v) is 8.55. The van der Waals surface area contributed by atoms with E-state index in [1.807, 2.05) is 6.08 Å². The molecule has 2 aromatic rings. The first-order valence-corrected chi connectivity index (χ1v) is 11.1. The van der Waals surface area contributed by atoms with Crippen LogP contribution in [0.15, 0.2) is 60.2 Å². The summed E-state index contributed by atoms with van der Waals surface area (Å²) in [5, 5.41) is 17.9. The van der Waals surface area contributed by atoms with Crippen molar-refractivity contribution in [2.45, 2.75) is 57.4 Å². The third kappa shape index (κ3) is 4.01. The Kier molecular flexibility index (Phi) is 5.95. The van der Waals surface area contributed by atoms with Gasteiger partial charge in [-0.15, -0.1) is 0 Å². The smallest absolute Gasteiger partial charge is 0.346 e. The van der Waals surface area contributed by atoms with Crippen LogP contribution in [-0.2, 0) is 4.79 Å². The van der Waals surface area contributed by atoms with Crippen LogP contribution in [0, 0.1) is 11.3 Å². The Bertz CT molecular complexity index is 1080. The predicted molar refractivity (Wildman–Crippen MR) is 124 cm³/mol. The first-order valence-electron chi connectivity index (χ1n) is 11.1. The van der Waals surface area contributed by atoms with Crippen molar-refractivity contribution in [1.82, 2.24) is 0 Å². The van der Waals surface area contributed by atoms with E-state index in [1.165, 1.54) is 47.8 Å². The number of carboxylic acids is 1. The normalized spacial score (nSPS) is 21.1. The SMILES string of the molecule is CCC(C)c1ccc(N2c3ccc(C=CC=C(C#N)C(=O)O)cc3C3CCCC32)cc1. The minimum atomic E-state index is -1.20. The molecule has 0 spiro atoms. The molecule has 1 aliphatic heterocycles. The molecule has 1 saturated carbocycles. The Labute approximate surface area is 184 Å². The van der Waals surface area contributed by atoms with Gasteiger partial charge >= 0.3 is 5.97 Å². The van der Waals surface area contributed by atoms with Crippen LogP contribution in [0.1, 0.15) is 68.1 Å². The largest absolute Gasteiger partial charge is 0.477 e. The Morgan fingerprint density at radius 1 is 1.26 bits per heavy atom. The second kappa shape index (κ2) is 8.81. The van der Waals surface area contributed by atoms with Crippen molar-refractivity contribution < 1.29 is 9.90 Å². The third-order valence-corrected chi connectivity index (χ3v) is 6.78. The Morgan fingerprint density at radius 2 is 2.03 bits per heavy atom. The van der Waals surface area contributed by atoms with E-state index in [9.17, 15) is 4.79 Å². The summed E-state index contributed by atoms with van der Waals surface area (Å²) in [5.41, 5.74) is 6.06. The van der Waals surface area contributed by atoms with Crippen LogP contribution >= 0.6 is 0 Å². The maximum Gasteiger partial charge on any atom is 0.346 e. The van der Waals surface area contributed by atoms with Gasteiger partial charge in [-0.25, -0.2) is 4.79 Å². The summed E-state index contributed by atoms with van der Waals surface area (Å²) >= 11 is 0. The lowest BCUT2D eigenvalue weighted by Crippen LogP contribution is -2.26. The van der Waals surface area contributed by atoms with Crippen molar-refractivity contribution in [2.75, 3.05) is 4.90 Å². The van der Waals surface area contributed by atoms with Gasteiger partial charge in [-0.2, -0.15) is 5.26 Å². The fourth-order valence-electron chi connectivity index (χ4n) is 4.93. The lowest BCUT2D eigenvalue weighted by atomic mass is 9.96. The molecule has 2 aromatic carbocycles. The number of nitriles is 1. The van der Waals surface area contributed by atoms with Crippen molar-refractivity contribution in [2.24, 2.45) is 0 Å². The topological polar surface area (TPSA) is 64.3 Å². The molecule has 0 amide bonds. The molecule has 0 saturated heterocycles. The average Bonchev–Trinajstić information content (AvgIpc) is 3.37. The number of hydrogen-bond donors (Lipinski definition) is 1. The number of anilines is 2. The molecule has 158 valence electrons. The van der Waals surface area contributed by atoms with Gasteiger partial charge in [0.15, 0.2) is 0 Å². The molecular weight excluding hydrogens is 384 g/mol. The average molecular weight is 413 g/mol. The van der Waals surface area contributed by atoms with Gasteiger partial charge in [0.25, 0.3) is 0 Å². The molecule has 1 fully saturated rings. The van der Waals surface area contributed by atoms with Crippen LogP contribution in [0.4, 0.5) is 11.4 Å². The van der Waals surface area contributed by atoms with Gasteiger partial charge in [0, 0.05) is 23.3 Å². The van der Waals surface area contributed by atoms with Gasteiger partial charge in [0.2, 0.25) is 0 Å². The standard InChI is InChI=1S/C27H28N2O2/c1-3-18(2)20-11-13-22(14-12-20)29-25-9-5-8-23(25)24-16-19(10-15-26(24)29)6-4-7-21(17-28)27(30)31/h4,6-7,10-16,18,23,25H,3,5,8-9H2,1-2H3,(H,30,31). The zero-order valence-electron chi connectivity index (χ0n) is 18.1. The Morgan fingerprint density at radius 3 is 2.71 bits per heavy atom. The molecule has 31 heavy (non-hydrogen) atoms. The molecule has 1 heterocycles. The highest BCUT2D eigenvalue weighted by molar-refractivity contribution is 5.91. The van der Waals surface area contributed by atoms with E-state index in [2.05, 4.69) is 61.2 Å². The number of benzene rings is 2. The van der Waals surface area contributed by atoms with E-state index >= 15 is 0 Å². The molecule has 1 aliphatic carbocycles. The summed E-state index contributed by atoms with van der Waals surface area (Å²) in [6.45, 7) is 4.50. The molecule has 0 radical (unpaired) electrons. The molecule has 0 aromatic heterocycles. The fourth-order valence-corrected chi connectivity index (χ4v) is 4.93. The third-order valence-electron chi connectivity index (χ3n) is 6.78. The highest BCUT2D eigenvalue weighted by Crippen LogP contribution is 2.52. The predicted octanol–water partition coefficient (Wildman–Crippen LogP) is 6.54. The highest BCUT2D eigenvalue weighted by Gasteiger charge is 2.42. The number of carboxylic acid groups (broad SMARTS) is 1. The van der Waals surface area contributed by atoms with Crippen molar-refractivity contribution in [3.8, 4) is 6.07 Å². The maximum absolute atomic E-state index is 11.0. The van der Waals surface area contributed by atoms with E-state index in [4.69, 9.17) is 10.4 Å². The van der Waals surface area contributed by atoms with Crippen LogP contribution < -0.4 is 4.90 Å². The fraction of sp³-hybridized carbons (Fsp3) is 0.333. The molecule has 4 nitrogen and oxygen atoms in total. The van der Waals surface area contributed by atoms with Crippen LogP contribution in [0.25, 0.3) is 6.08 Å². The summed E-state index contributed by atoms with van der Waals surface area (Å²) in [5.74, 6) is -0.100. The molecule has 3 atom stereocenters. The first-order chi connectivity index (χ1) is 15.0. The lowest BCUT2D eigenvalue weighted by molar-refractivity contribution is -0.132. The first kappa shape index (κ1) is 20.9. The monoisotopic (exact) mass is 412 g/mol. The number of carbonyl (C=O) groups is 1. The van der Waals surface area contributed by atoms with Crippen molar-refractivity contribution >= 4 is 23.4 Å². The summed E-state index contributed by atoms with van der Waals surface area (Å²) in [6, 6.07) is 17.7. The molecule has 0 bridgehead atoms. The summed E-state index contributed by atoms with van der Waals surface area (Å²) in [6.07, 6.45) is 9.63. The Hall–Kier alpha value is -3.32. The highest BCUT2D eigenvalue weighted by atomic mass is 16.4. The van der Waals surface area contributed by atoms with Gasteiger partial charge in [0.1, 0.15) is 11.6 Å². The molecule has 4 heteroatoms. The van der Waals surface area contributed by atoms with Crippen molar-refractivity contribution in [3.63, 3.8) is 0 Å². The lowest BCUT2D eigenvalue weighted by Gasteiger charge is -2.27. The number of rotatable bonds is 6. The molecular formula is C27H28N2O2. The van der Waals surface area contributed by atoms with Gasteiger partial charge in [0.05, 0.1) is 0 Å². The second-order valence-electron chi connectivity index (χ2n) is 8.55. The van der Waals surface area contributed by atoms with E-state index in [0.29, 0.717) is 17.9 Å². The number of aliphatic carboxylic acids is 1. The van der Waals surface area contributed by atoms with Gasteiger partial charge in [-0.3, -0.25) is 0 Å². The van der Waals surface area contributed by atoms with Crippen molar-refractivity contribution in [3.05, 3.63) is 76.9 Å². The van der Waals surface area contributed by atoms with E-state index in [1.54, 1.807) is 12.1 Å². The minimum absolute atomic E-state index is 0.264.